The number of benzene rings is 4. The number of piperidine rings is 1. The molecule has 4 aromatic carbocycles. The number of carbonyl (C=O) groups is 1. The molecule has 1 aliphatic heterocycles. The van der Waals surface area contributed by atoms with Gasteiger partial charge in [0.15, 0.2) is 0 Å². The molecule has 1 aliphatic rings. The predicted octanol–water partition coefficient (Wildman–Crippen LogP) is 7.20. The van der Waals surface area contributed by atoms with Crippen LogP contribution in [0.5, 0.6) is 0 Å². The highest BCUT2D eigenvalue weighted by Crippen LogP contribution is 2.29. The molecular formula is C34H34N4O2. The lowest BCUT2D eigenvalue weighted by Gasteiger charge is -2.31. The number of nitrogens with one attached hydrogen (secondary N) is 2. The number of rotatable bonds is 6. The van der Waals surface area contributed by atoms with E-state index in [9.17, 15) is 9.90 Å². The minimum absolute atomic E-state index is 0.139. The predicted molar refractivity (Wildman–Crippen MR) is 164 cm³/mol. The van der Waals surface area contributed by atoms with Gasteiger partial charge in [-0.05, 0) is 111 Å². The van der Waals surface area contributed by atoms with Gasteiger partial charge in [-0.2, -0.15) is 0 Å². The van der Waals surface area contributed by atoms with E-state index in [0.717, 1.165) is 54.4 Å². The molecule has 0 aliphatic carbocycles. The van der Waals surface area contributed by atoms with Crippen LogP contribution in [0.15, 0.2) is 97.1 Å². The van der Waals surface area contributed by atoms with Gasteiger partial charge in [0.1, 0.15) is 0 Å². The molecule has 0 radical (unpaired) electrons. The standard InChI is InChI=1S/C34H34N4O2/c1-23-24(2)38(33-6-4-3-5-32(23)33)30-17-13-27(14-18-30)35-26-9-11-28(12-10-26)36-34(40)25-7-15-29(16-8-25)37-21-19-31(39)20-22-37/h3-18,31,35,39H,19-22H2,1-2H3,(H,36,40). The van der Waals surface area contributed by atoms with Gasteiger partial charge in [-0.1, -0.05) is 18.2 Å². The maximum Gasteiger partial charge on any atom is 0.255 e. The van der Waals surface area contributed by atoms with Crippen LogP contribution >= 0.6 is 0 Å². The van der Waals surface area contributed by atoms with Crippen LogP contribution in [0.2, 0.25) is 0 Å². The Balaban J connectivity index is 1.08. The first-order valence-electron chi connectivity index (χ1n) is 13.8. The summed E-state index contributed by atoms with van der Waals surface area (Å²) >= 11 is 0. The average molecular weight is 531 g/mol. The topological polar surface area (TPSA) is 69.5 Å². The van der Waals surface area contributed by atoms with Gasteiger partial charge in [-0.15, -0.1) is 0 Å². The van der Waals surface area contributed by atoms with Crippen LogP contribution in [-0.2, 0) is 0 Å². The third-order valence-electron chi connectivity index (χ3n) is 7.94. The van der Waals surface area contributed by atoms with Crippen LogP contribution in [0.4, 0.5) is 22.7 Å². The van der Waals surface area contributed by atoms with Crippen molar-refractivity contribution in [1.29, 1.82) is 0 Å². The minimum Gasteiger partial charge on any atom is -0.393 e. The highest BCUT2D eigenvalue weighted by molar-refractivity contribution is 6.04. The Morgan fingerprint density at radius 3 is 2.00 bits per heavy atom. The van der Waals surface area contributed by atoms with E-state index in [1.165, 1.54) is 22.2 Å². The average Bonchev–Trinajstić information content (AvgIpc) is 3.24. The summed E-state index contributed by atoms with van der Waals surface area (Å²) in [6.07, 6.45) is 1.36. The molecule has 1 saturated heterocycles. The summed E-state index contributed by atoms with van der Waals surface area (Å²) in [5.41, 5.74) is 9.28. The first-order valence-corrected chi connectivity index (χ1v) is 13.8. The molecule has 1 aromatic heterocycles. The zero-order valence-electron chi connectivity index (χ0n) is 22.9. The lowest BCUT2D eigenvalue weighted by atomic mass is 10.1. The van der Waals surface area contributed by atoms with Crippen LogP contribution in [-0.4, -0.2) is 34.8 Å². The van der Waals surface area contributed by atoms with Gasteiger partial charge in [0.05, 0.1) is 11.6 Å². The highest BCUT2D eigenvalue weighted by atomic mass is 16.3. The molecule has 6 heteroatoms. The summed E-state index contributed by atoms with van der Waals surface area (Å²) in [6, 6.07) is 32.4. The molecule has 6 rings (SSSR count). The van der Waals surface area contributed by atoms with Gasteiger partial charge in [0.2, 0.25) is 0 Å². The number of nitrogens with zero attached hydrogens (tertiary/aromatic N) is 2. The normalized spacial score (nSPS) is 13.9. The fourth-order valence-corrected chi connectivity index (χ4v) is 5.51. The molecule has 0 unspecified atom stereocenters. The molecule has 0 saturated carbocycles. The third-order valence-corrected chi connectivity index (χ3v) is 7.94. The monoisotopic (exact) mass is 530 g/mol. The van der Waals surface area contributed by atoms with Crippen LogP contribution < -0.4 is 15.5 Å². The Kier molecular flexibility index (Phi) is 7.01. The first-order chi connectivity index (χ1) is 19.5. The number of hydrogen-bond acceptors (Lipinski definition) is 4. The smallest absolute Gasteiger partial charge is 0.255 e. The van der Waals surface area contributed by atoms with E-state index in [1.807, 2.05) is 48.5 Å². The molecular weight excluding hydrogens is 496 g/mol. The van der Waals surface area contributed by atoms with Crippen molar-refractivity contribution in [1.82, 2.24) is 4.57 Å². The maximum absolute atomic E-state index is 12.8. The number of fused-ring (bicyclic) bond motifs is 1. The summed E-state index contributed by atoms with van der Waals surface area (Å²) in [7, 11) is 0. The number of aromatic nitrogens is 1. The summed E-state index contributed by atoms with van der Waals surface area (Å²) in [4.78, 5) is 15.0. The van der Waals surface area contributed by atoms with Gasteiger partial charge in [0, 0.05) is 58.2 Å². The van der Waals surface area contributed by atoms with Crippen LogP contribution in [0.3, 0.4) is 0 Å². The van der Waals surface area contributed by atoms with Gasteiger partial charge in [-0.25, -0.2) is 0 Å². The van der Waals surface area contributed by atoms with E-state index in [2.05, 4.69) is 82.5 Å². The van der Waals surface area contributed by atoms with Crippen molar-refractivity contribution in [2.75, 3.05) is 28.6 Å². The van der Waals surface area contributed by atoms with Crippen molar-refractivity contribution >= 4 is 39.6 Å². The second-order valence-corrected chi connectivity index (χ2v) is 10.5. The number of aliphatic hydroxyl groups is 1. The molecule has 0 spiro atoms. The number of hydrogen-bond donors (Lipinski definition) is 3. The molecule has 40 heavy (non-hydrogen) atoms. The molecule has 0 bridgehead atoms. The largest absolute Gasteiger partial charge is 0.393 e. The molecule has 2 heterocycles. The van der Waals surface area contributed by atoms with Gasteiger partial charge in [0.25, 0.3) is 5.91 Å². The zero-order chi connectivity index (χ0) is 27.6. The molecule has 6 nitrogen and oxygen atoms in total. The number of para-hydroxylation sites is 1. The van der Waals surface area contributed by atoms with Crippen LogP contribution in [0.25, 0.3) is 16.6 Å². The first kappa shape index (κ1) is 25.7. The van der Waals surface area contributed by atoms with E-state index in [1.54, 1.807) is 0 Å². The minimum atomic E-state index is -0.201. The fraction of sp³-hybridized carbons (Fsp3) is 0.206. The highest BCUT2D eigenvalue weighted by Gasteiger charge is 2.17. The van der Waals surface area contributed by atoms with E-state index >= 15 is 0 Å². The molecule has 1 fully saturated rings. The quantitative estimate of drug-likeness (QED) is 0.217. The number of aliphatic hydroxyl groups excluding tert-OH is 1. The van der Waals surface area contributed by atoms with Crippen LogP contribution in [0, 0.1) is 13.8 Å². The maximum atomic E-state index is 12.8. The van der Waals surface area contributed by atoms with Crippen molar-refractivity contribution in [3.8, 4) is 5.69 Å². The summed E-state index contributed by atoms with van der Waals surface area (Å²) in [5, 5.41) is 17.4. The Morgan fingerprint density at radius 2 is 1.32 bits per heavy atom. The Hall–Kier alpha value is -4.55. The Bertz CT molecular complexity index is 1630. The van der Waals surface area contributed by atoms with E-state index in [4.69, 9.17) is 0 Å². The van der Waals surface area contributed by atoms with E-state index in [-0.39, 0.29) is 12.0 Å². The summed E-state index contributed by atoms with van der Waals surface area (Å²) in [5.74, 6) is -0.139. The Morgan fingerprint density at radius 1 is 0.750 bits per heavy atom. The van der Waals surface area contributed by atoms with Gasteiger partial charge < -0.3 is 25.2 Å². The molecule has 0 atom stereocenters. The molecule has 3 N–H and O–H groups in total. The fourth-order valence-electron chi connectivity index (χ4n) is 5.51. The molecule has 5 aromatic rings. The number of amides is 1. The second-order valence-electron chi connectivity index (χ2n) is 10.5. The SMILES string of the molecule is Cc1c(C)n(-c2ccc(Nc3ccc(NC(=O)c4ccc(N5CCC(O)CC5)cc4)cc3)cc2)c2ccccc12. The van der Waals surface area contributed by atoms with Crippen molar-refractivity contribution in [3.63, 3.8) is 0 Å². The van der Waals surface area contributed by atoms with Crippen molar-refractivity contribution < 1.29 is 9.90 Å². The number of aryl methyl sites for hydroxylation is 1. The molecule has 1 amide bonds. The van der Waals surface area contributed by atoms with Crippen molar-refractivity contribution in [2.45, 2.75) is 32.8 Å². The van der Waals surface area contributed by atoms with Crippen molar-refractivity contribution in [2.24, 2.45) is 0 Å². The van der Waals surface area contributed by atoms with E-state index < -0.39 is 0 Å². The van der Waals surface area contributed by atoms with Crippen molar-refractivity contribution in [3.05, 3.63) is 114 Å². The third kappa shape index (κ3) is 5.18. The van der Waals surface area contributed by atoms with Gasteiger partial charge in [-0.3, -0.25) is 4.79 Å². The summed E-state index contributed by atoms with van der Waals surface area (Å²) < 4.78 is 2.30. The lowest BCUT2D eigenvalue weighted by molar-refractivity contribution is 0.102. The number of anilines is 4. The number of carbonyl (C=O) groups excluding carboxylic acids is 1. The zero-order valence-corrected chi connectivity index (χ0v) is 22.9. The van der Waals surface area contributed by atoms with E-state index in [0.29, 0.717) is 5.56 Å². The second kappa shape index (κ2) is 10.9. The summed E-state index contributed by atoms with van der Waals surface area (Å²) in [6.45, 7) is 6.01. The lowest BCUT2D eigenvalue weighted by Crippen LogP contribution is -2.35. The van der Waals surface area contributed by atoms with Crippen LogP contribution in [0.1, 0.15) is 34.5 Å². The van der Waals surface area contributed by atoms with Gasteiger partial charge >= 0.3 is 0 Å². The molecule has 202 valence electrons. The Labute approximate surface area is 234 Å².